The summed E-state index contributed by atoms with van der Waals surface area (Å²) >= 11 is 1.22. The third kappa shape index (κ3) is 4.43. The highest BCUT2D eigenvalue weighted by atomic mass is 32.1. The van der Waals surface area contributed by atoms with Gasteiger partial charge in [-0.1, -0.05) is 11.3 Å². The Morgan fingerprint density at radius 3 is 2.02 bits per heavy atom. The normalized spacial score (nSPS) is 16.3. The van der Waals surface area contributed by atoms with Crippen molar-refractivity contribution in [2.45, 2.75) is 6.04 Å². The van der Waals surface area contributed by atoms with Crippen LogP contribution in [-0.2, 0) is 9.59 Å². The minimum absolute atomic E-state index is 0.110. The van der Waals surface area contributed by atoms with Crippen molar-refractivity contribution in [2.75, 3.05) is 40.4 Å². The predicted molar refractivity (Wildman–Crippen MR) is 150 cm³/mol. The third-order valence-corrected chi connectivity index (χ3v) is 7.62. The molecule has 1 aromatic heterocycles. The SMILES string of the molecule is COc1ccc(C(O)=C2C(=O)C(=O)N(c3nc4ccc(OC)cc4s3)[C@@H]2c2cc(OC)c(OC)c(OC)c2)cc1. The molecule has 1 fully saturated rings. The number of aliphatic hydroxyl groups is 1. The molecule has 206 valence electrons. The van der Waals surface area contributed by atoms with E-state index in [1.165, 1.54) is 44.7 Å². The Hall–Kier alpha value is -4.77. The first-order valence-corrected chi connectivity index (χ1v) is 12.9. The second-order valence-corrected chi connectivity index (χ2v) is 9.70. The number of fused-ring (bicyclic) bond motifs is 1. The molecule has 1 saturated heterocycles. The lowest BCUT2D eigenvalue weighted by Crippen LogP contribution is -2.29. The number of hydrogen-bond acceptors (Lipinski definition) is 10. The lowest BCUT2D eigenvalue weighted by Gasteiger charge is -2.24. The number of rotatable bonds is 8. The summed E-state index contributed by atoms with van der Waals surface area (Å²) in [5.41, 5.74) is 1.30. The molecule has 2 heterocycles. The molecule has 0 unspecified atom stereocenters. The molecule has 1 amide bonds. The molecule has 5 rings (SSSR count). The Balaban J connectivity index is 1.76. The van der Waals surface area contributed by atoms with Gasteiger partial charge in [0.25, 0.3) is 5.78 Å². The molecule has 1 atom stereocenters. The predicted octanol–water partition coefficient (Wildman–Crippen LogP) is 4.97. The van der Waals surface area contributed by atoms with E-state index in [0.717, 1.165) is 4.70 Å². The summed E-state index contributed by atoms with van der Waals surface area (Å²) < 4.78 is 27.8. The van der Waals surface area contributed by atoms with Crippen LogP contribution in [0.2, 0.25) is 0 Å². The van der Waals surface area contributed by atoms with Crippen molar-refractivity contribution < 1.29 is 38.4 Å². The smallest absolute Gasteiger partial charge is 0.301 e. The number of ketones is 1. The van der Waals surface area contributed by atoms with E-state index in [1.807, 2.05) is 0 Å². The largest absolute Gasteiger partial charge is 0.507 e. The molecule has 11 heteroatoms. The Morgan fingerprint density at radius 2 is 1.45 bits per heavy atom. The lowest BCUT2D eigenvalue weighted by atomic mass is 9.94. The first kappa shape index (κ1) is 26.8. The number of anilines is 1. The standard InChI is InChI=1S/C29H26N2O8S/c1-35-17-8-6-15(7-9-17)25(32)23-24(16-12-20(37-3)27(39-5)21(13-16)38-4)31(28(34)26(23)33)29-30-19-11-10-18(36-2)14-22(19)40-29/h6-14,24,32H,1-5H3/t24-/m1/s1. The number of aromatic nitrogens is 1. The number of aliphatic hydroxyl groups excluding tert-OH is 1. The average Bonchev–Trinajstić information content (AvgIpc) is 3.53. The van der Waals surface area contributed by atoms with Crippen LogP contribution in [0.4, 0.5) is 5.13 Å². The molecule has 40 heavy (non-hydrogen) atoms. The van der Waals surface area contributed by atoms with E-state index < -0.39 is 17.7 Å². The Bertz CT molecular complexity index is 1620. The van der Waals surface area contributed by atoms with Gasteiger partial charge in [-0.05, 0) is 60.2 Å². The molecule has 1 N–H and O–H groups in total. The van der Waals surface area contributed by atoms with Crippen molar-refractivity contribution in [1.29, 1.82) is 0 Å². The zero-order valence-corrected chi connectivity index (χ0v) is 23.2. The van der Waals surface area contributed by atoms with Gasteiger partial charge in [0.2, 0.25) is 5.75 Å². The topological polar surface area (TPSA) is 117 Å². The van der Waals surface area contributed by atoms with E-state index in [-0.39, 0.29) is 16.5 Å². The van der Waals surface area contributed by atoms with Crippen LogP contribution in [0.25, 0.3) is 16.0 Å². The molecule has 4 aromatic rings. The molecule has 1 aliphatic heterocycles. The van der Waals surface area contributed by atoms with E-state index >= 15 is 0 Å². The van der Waals surface area contributed by atoms with Gasteiger partial charge in [-0.25, -0.2) is 4.98 Å². The summed E-state index contributed by atoms with van der Waals surface area (Å²) in [6.45, 7) is 0. The maximum absolute atomic E-state index is 13.6. The van der Waals surface area contributed by atoms with Gasteiger partial charge in [-0.15, -0.1) is 0 Å². The fourth-order valence-electron chi connectivity index (χ4n) is 4.63. The number of amides is 1. The van der Waals surface area contributed by atoms with Crippen LogP contribution in [0, 0.1) is 0 Å². The van der Waals surface area contributed by atoms with Gasteiger partial charge in [0.05, 0.1) is 57.4 Å². The summed E-state index contributed by atoms with van der Waals surface area (Å²) in [5.74, 6) is 0.150. The second kappa shape index (κ2) is 10.8. The van der Waals surface area contributed by atoms with Crippen LogP contribution in [0.15, 0.2) is 60.2 Å². The fourth-order valence-corrected chi connectivity index (χ4v) is 5.65. The zero-order chi connectivity index (χ0) is 28.6. The maximum Gasteiger partial charge on any atom is 0.301 e. The second-order valence-electron chi connectivity index (χ2n) is 8.69. The summed E-state index contributed by atoms with van der Waals surface area (Å²) in [5, 5.41) is 11.7. The number of hydrogen-bond donors (Lipinski definition) is 1. The molecule has 0 bridgehead atoms. The minimum Gasteiger partial charge on any atom is -0.507 e. The summed E-state index contributed by atoms with van der Waals surface area (Å²) in [7, 11) is 7.50. The molecular weight excluding hydrogens is 536 g/mol. The maximum atomic E-state index is 13.6. The quantitative estimate of drug-likeness (QED) is 0.181. The van der Waals surface area contributed by atoms with Gasteiger partial charge in [0.1, 0.15) is 17.3 Å². The highest BCUT2D eigenvalue weighted by molar-refractivity contribution is 7.22. The van der Waals surface area contributed by atoms with Gasteiger partial charge in [0.15, 0.2) is 16.6 Å². The lowest BCUT2D eigenvalue weighted by molar-refractivity contribution is -0.132. The van der Waals surface area contributed by atoms with Crippen molar-refractivity contribution in [3.8, 4) is 28.7 Å². The molecule has 0 saturated carbocycles. The van der Waals surface area contributed by atoms with Gasteiger partial charge in [0, 0.05) is 5.56 Å². The number of thiazole rings is 1. The van der Waals surface area contributed by atoms with Crippen LogP contribution in [0.5, 0.6) is 28.7 Å². The molecule has 3 aromatic carbocycles. The number of nitrogens with zero attached hydrogens (tertiary/aromatic N) is 2. The van der Waals surface area contributed by atoms with Crippen LogP contribution in [0.3, 0.4) is 0 Å². The first-order valence-electron chi connectivity index (χ1n) is 12.0. The molecule has 0 aliphatic carbocycles. The summed E-state index contributed by atoms with van der Waals surface area (Å²) in [6.07, 6.45) is 0. The molecule has 1 aliphatic rings. The number of Topliss-reactive ketones (excluding diaryl/α,β-unsaturated/α-hetero) is 1. The number of benzene rings is 3. The van der Waals surface area contributed by atoms with Crippen molar-refractivity contribution in [2.24, 2.45) is 0 Å². The Kier molecular flexibility index (Phi) is 7.22. The Labute approximate surface area is 233 Å². The van der Waals surface area contributed by atoms with E-state index in [4.69, 9.17) is 23.7 Å². The Morgan fingerprint density at radius 1 is 0.825 bits per heavy atom. The van der Waals surface area contributed by atoms with Crippen LogP contribution in [-0.4, -0.2) is 57.3 Å². The van der Waals surface area contributed by atoms with Gasteiger partial charge in [-0.3, -0.25) is 14.5 Å². The summed E-state index contributed by atoms with van der Waals surface area (Å²) in [6, 6.07) is 14.1. The molecular formula is C29H26N2O8S. The summed E-state index contributed by atoms with van der Waals surface area (Å²) in [4.78, 5) is 33.2. The van der Waals surface area contributed by atoms with Gasteiger partial charge in [-0.2, -0.15) is 0 Å². The highest BCUT2D eigenvalue weighted by Crippen LogP contribution is 2.48. The van der Waals surface area contributed by atoms with Crippen molar-refractivity contribution in [3.63, 3.8) is 0 Å². The number of ether oxygens (including phenoxy) is 5. The highest BCUT2D eigenvalue weighted by Gasteiger charge is 2.48. The van der Waals surface area contributed by atoms with Gasteiger partial charge < -0.3 is 28.8 Å². The average molecular weight is 563 g/mol. The fraction of sp³-hybridized carbons (Fsp3) is 0.207. The van der Waals surface area contributed by atoms with Gasteiger partial charge >= 0.3 is 5.91 Å². The monoisotopic (exact) mass is 562 g/mol. The number of methoxy groups -OCH3 is 5. The van der Waals surface area contributed by atoms with Crippen LogP contribution in [0.1, 0.15) is 17.2 Å². The third-order valence-electron chi connectivity index (χ3n) is 6.60. The molecule has 10 nitrogen and oxygen atoms in total. The number of carbonyl (C=O) groups excluding carboxylic acids is 2. The van der Waals surface area contributed by atoms with E-state index in [0.29, 0.717) is 45.4 Å². The molecule has 0 spiro atoms. The number of carbonyl (C=O) groups is 2. The van der Waals surface area contributed by atoms with Crippen molar-refractivity contribution in [1.82, 2.24) is 4.98 Å². The van der Waals surface area contributed by atoms with Crippen LogP contribution >= 0.6 is 11.3 Å². The van der Waals surface area contributed by atoms with E-state index in [2.05, 4.69) is 4.98 Å². The molecule has 0 radical (unpaired) electrons. The van der Waals surface area contributed by atoms with E-state index in [1.54, 1.807) is 61.7 Å². The zero-order valence-electron chi connectivity index (χ0n) is 22.4. The van der Waals surface area contributed by atoms with E-state index in [9.17, 15) is 14.7 Å². The van der Waals surface area contributed by atoms with Crippen LogP contribution < -0.4 is 28.6 Å². The minimum atomic E-state index is -1.06. The van der Waals surface area contributed by atoms with Crippen molar-refractivity contribution in [3.05, 3.63) is 71.3 Å². The van der Waals surface area contributed by atoms with Crippen molar-refractivity contribution >= 4 is 44.1 Å². The first-order chi connectivity index (χ1) is 19.3.